The van der Waals surface area contributed by atoms with Gasteiger partial charge in [-0.2, -0.15) is 0 Å². The highest BCUT2D eigenvalue weighted by molar-refractivity contribution is 7.89. The topological polar surface area (TPSA) is 85.1 Å². The highest BCUT2D eigenvalue weighted by Crippen LogP contribution is 2.25. The number of nitrogen functional groups attached to an aromatic ring is 1. The number of hydrogen-bond donors (Lipinski definition) is 2. The lowest BCUT2D eigenvalue weighted by atomic mass is 10.2. The SMILES string of the molecule is CCCCCNS(=O)(=O)c1ccc(N)c2cccnc12. The number of anilines is 1. The molecule has 2 rings (SSSR count). The van der Waals surface area contributed by atoms with Crippen LogP contribution >= 0.6 is 0 Å². The van der Waals surface area contributed by atoms with E-state index in [0.29, 0.717) is 23.1 Å². The van der Waals surface area contributed by atoms with Gasteiger partial charge in [-0.25, -0.2) is 13.1 Å². The second kappa shape index (κ2) is 6.19. The van der Waals surface area contributed by atoms with Gasteiger partial charge < -0.3 is 5.73 Å². The normalized spacial score (nSPS) is 11.8. The Morgan fingerprint density at radius 2 is 2.05 bits per heavy atom. The van der Waals surface area contributed by atoms with E-state index in [0.717, 1.165) is 19.3 Å². The zero-order valence-corrected chi connectivity index (χ0v) is 12.3. The Balaban J connectivity index is 2.35. The van der Waals surface area contributed by atoms with Crippen LogP contribution in [0.1, 0.15) is 26.2 Å². The van der Waals surface area contributed by atoms with E-state index < -0.39 is 10.0 Å². The minimum absolute atomic E-state index is 0.179. The molecule has 5 nitrogen and oxygen atoms in total. The number of benzene rings is 1. The molecule has 0 unspecified atom stereocenters. The van der Waals surface area contributed by atoms with Gasteiger partial charge in [0, 0.05) is 23.8 Å². The highest BCUT2D eigenvalue weighted by Gasteiger charge is 2.18. The molecule has 0 aliphatic rings. The summed E-state index contributed by atoms with van der Waals surface area (Å²) in [7, 11) is -3.55. The second-order valence-corrected chi connectivity index (χ2v) is 6.39. The number of hydrogen-bond acceptors (Lipinski definition) is 4. The van der Waals surface area contributed by atoms with Crippen LogP contribution in [-0.2, 0) is 10.0 Å². The fourth-order valence-corrected chi connectivity index (χ4v) is 3.28. The van der Waals surface area contributed by atoms with Crippen molar-refractivity contribution in [1.82, 2.24) is 9.71 Å². The molecule has 20 heavy (non-hydrogen) atoms. The molecule has 0 radical (unpaired) electrons. The van der Waals surface area contributed by atoms with E-state index in [1.54, 1.807) is 24.4 Å². The molecule has 0 atom stereocenters. The molecule has 0 saturated carbocycles. The number of sulfonamides is 1. The van der Waals surface area contributed by atoms with Crippen molar-refractivity contribution < 1.29 is 8.42 Å². The van der Waals surface area contributed by atoms with Gasteiger partial charge in [-0.1, -0.05) is 19.8 Å². The number of aromatic nitrogens is 1. The van der Waals surface area contributed by atoms with Gasteiger partial charge in [0.1, 0.15) is 4.90 Å². The average molecular weight is 293 g/mol. The molecule has 0 aliphatic carbocycles. The number of unbranched alkanes of at least 4 members (excludes halogenated alkanes) is 2. The number of fused-ring (bicyclic) bond motifs is 1. The first-order valence-corrected chi connectivity index (χ1v) is 8.17. The summed E-state index contributed by atoms with van der Waals surface area (Å²) in [6.45, 7) is 2.51. The summed E-state index contributed by atoms with van der Waals surface area (Å²) in [5, 5.41) is 0.656. The van der Waals surface area contributed by atoms with Crippen molar-refractivity contribution in [3.05, 3.63) is 30.5 Å². The fourth-order valence-electron chi connectivity index (χ4n) is 2.04. The van der Waals surface area contributed by atoms with Crippen molar-refractivity contribution in [2.24, 2.45) is 0 Å². The first-order valence-electron chi connectivity index (χ1n) is 6.69. The molecule has 0 amide bonds. The predicted octanol–water partition coefficient (Wildman–Crippen LogP) is 2.29. The van der Waals surface area contributed by atoms with Gasteiger partial charge >= 0.3 is 0 Å². The van der Waals surface area contributed by atoms with Crippen molar-refractivity contribution in [3.63, 3.8) is 0 Å². The first kappa shape index (κ1) is 14.7. The van der Waals surface area contributed by atoms with Crippen molar-refractivity contribution in [2.45, 2.75) is 31.1 Å². The Kier molecular flexibility index (Phi) is 4.57. The van der Waals surface area contributed by atoms with Crippen LogP contribution in [0, 0.1) is 0 Å². The summed E-state index contributed by atoms with van der Waals surface area (Å²) >= 11 is 0. The van der Waals surface area contributed by atoms with E-state index in [-0.39, 0.29) is 4.90 Å². The van der Waals surface area contributed by atoms with Gasteiger partial charge in [0.2, 0.25) is 10.0 Å². The minimum atomic E-state index is -3.55. The molecule has 1 heterocycles. The maximum atomic E-state index is 12.3. The van der Waals surface area contributed by atoms with Gasteiger partial charge in [-0.3, -0.25) is 4.98 Å². The van der Waals surface area contributed by atoms with Gasteiger partial charge in [0.25, 0.3) is 0 Å². The molecule has 108 valence electrons. The summed E-state index contributed by atoms with van der Waals surface area (Å²) in [6.07, 6.45) is 4.45. The third-order valence-corrected chi connectivity index (χ3v) is 4.62. The maximum absolute atomic E-state index is 12.3. The highest BCUT2D eigenvalue weighted by atomic mass is 32.2. The van der Waals surface area contributed by atoms with Crippen LogP contribution in [0.5, 0.6) is 0 Å². The van der Waals surface area contributed by atoms with Crippen LogP contribution in [0.15, 0.2) is 35.4 Å². The molecule has 0 bridgehead atoms. The second-order valence-electron chi connectivity index (χ2n) is 4.66. The van der Waals surface area contributed by atoms with Crippen LogP contribution in [-0.4, -0.2) is 19.9 Å². The van der Waals surface area contributed by atoms with E-state index in [1.165, 1.54) is 6.07 Å². The summed E-state index contributed by atoms with van der Waals surface area (Å²) in [5.74, 6) is 0. The molecule has 1 aromatic carbocycles. The quantitative estimate of drug-likeness (QED) is 0.632. The number of pyridine rings is 1. The predicted molar refractivity (Wildman–Crippen MR) is 80.9 cm³/mol. The molecule has 6 heteroatoms. The lowest BCUT2D eigenvalue weighted by molar-refractivity contribution is 0.576. The number of nitrogens with zero attached hydrogens (tertiary/aromatic N) is 1. The van der Waals surface area contributed by atoms with Gasteiger partial charge in [0.05, 0.1) is 5.52 Å². The Hall–Kier alpha value is -1.66. The van der Waals surface area contributed by atoms with Crippen molar-refractivity contribution in [2.75, 3.05) is 12.3 Å². The van der Waals surface area contributed by atoms with E-state index in [4.69, 9.17) is 5.73 Å². The summed E-state index contributed by atoms with van der Waals surface area (Å²) in [5.41, 5.74) is 6.79. The Morgan fingerprint density at radius 1 is 1.25 bits per heavy atom. The lowest BCUT2D eigenvalue weighted by Gasteiger charge is -2.10. The summed E-state index contributed by atoms with van der Waals surface area (Å²) in [6, 6.07) is 6.62. The smallest absolute Gasteiger partial charge is 0.242 e. The number of nitrogens with one attached hydrogen (secondary N) is 1. The Morgan fingerprint density at radius 3 is 2.80 bits per heavy atom. The van der Waals surface area contributed by atoms with Crippen LogP contribution in [0.2, 0.25) is 0 Å². The lowest BCUT2D eigenvalue weighted by Crippen LogP contribution is -2.25. The molecule has 0 saturated heterocycles. The monoisotopic (exact) mass is 293 g/mol. The fraction of sp³-hybridized carbons (Fsp3) is 0.357. The molecular formula is C14H19N3O2S. The Bertz CT molecular complexity index is 699. The first-order chi connectivity index (χ1) is 9.56. The van der Waals surface area contributed by atoms with Crippen molar-refractivity contribution >= 4 is 26.6 Å². The van der Waals surface area contributed by atoms with Crippen LogP contribution in [0.25, 0.3) is 10.9 Å². The molecule has 0 fully saturated rings. The number of rotatable bonds is 6. The van der Waals surface area contributed by atoms with Crippen LogP contribution in [0.3, 0.4) is 0 Å². The van der Waals surface area contributed by atoms with Crippen molar-refractivity contribution in [1.29, 1.82) is 0 Å². The molecule has 1 aromatic heterocycles. The third-order valence-electron chi connectivity index (χ3n) is 3.13. The molecular weight excluding hydrogens is 274 g/mol. The maximum Gasteiger partial charge on any atom is 0.242 e. The average Bonchev–Trinajstić information content (AvgIpc) is 2.44. The number of nitrogens with two attached hydrogens (primary N) is 1. The largest absolute Gasteiger partial charge is 0.398 e. The van der Waals surface area contributed by atoms with E-state index in [2.05, 4.69) is 16.6 Å². The third kappa shape index (κ3) is 3.08. The molecule has 0 aliphatic heterocycles. The molecule has 0 spiro atoms. The van der Waals surface area contributed by atoms with E-state index in [9.17, 15) is 8.42 Å². The summed E-state index contributed by atoms with van der Waals surface area (Å²) < 4.78 is 27.3. The van der Waals surface area contributed by atoms with E-state index in [1.807, 2.05) is 0 Å². The minimum Gasteiger partial charge on any atom is -0.398 e. The zero-order valence-electron chi connectivity index (χ0n) is 11.5. The van der Waals surface area contributed by atoms with Gasteiger partial charge in [0.15, 0.2) is 0 Å². The van der Waals surface area contributed by atoms with Gasteiger partial charge in [-0.05, 0) is 30.7 Å². The summed E-state index contributed by atoms with van der Waals surface area (Å²) in [4.78, 5) is 4.33. The van der Waals surface area contributed by atoms with Crippen molar-refractivity contribution in [3.8, 4) is 0 Å². The van der Waals surface area contributed by atoms with E-state index >= 15 is 0 Å². The standard InChI is InChI=1S/C14H19N3O2S/c1-2-3-4-10-17-20(18,19)13-8-7-12(15)11-6-5-9-16-14(11)13/h5-9,17H,2-4,10,15H2,1H3. The van der Waals surface area contributed by atoms with Crippen LogP contribution < -0.4 is 10.5 Å². The zero-order chi connectivity index (χ0) is 14.6. The van der Waals surface area contributed by atoms with Crippen LogP contribution in [0.4, 0.5) is 5.69 Å². The molecule has 2 aromatic rings. The Labute approximate surface area is 119 Å². The van der Waals surface area contributed by atoms with Gasteiger partial charge in [-0.15, -0.1) is 0 Å². The molecule has 3 N–H and O–H groups in total.